The van der Waals surface area contributed by atoms with Crippen LogP contribution in [-0.4, -0.2) is 21.3 Å². The molecule has 1 unspecified atom stereocenters. The van der Waals surface area contributed by atoms with Gasteiger partial charge in [0.25, 0.3) is 0 Å². The molecule has 108 valence electrons. The summed E-state index contributed by atoms with van der Waals surface area (Å²) in [4.78, 5) is 0. The fourth-order valence-electron chi connectivity index (χ4n) is 1.52. The van der Waals surface area contributed by atoms with Gasteiger partial charge in [-0.15, -0.1) is 0 Å². The first-order valence-corrected chi connectivity index (χ1v) is 6.91. The second-order valence-electron chi connectivity index (χ2n) is 4.12. The molecule has 1 heterocycles. The number of nitrogens with zero attached hydrogens (tertiary/aromatic N) is 1. The first-order valence-electron chi connectivity index (χ1n) is 5.59. The second kappa shape index (κ2) is 5.66. The van der Waals surface area contributed by atoms with Crippen molar-refractivity contribution in [2.24, 2.45) is 0 Å². The van der Waals surface area contributed by atoms with E-state index in [1.807, 2.05) is 0 Å². The van der Waals surface area contributed by atoms with Crippen molar-refractivity contribution in [1.29, 1.82) is 0 Å². The van der Waals surface area contributed by atoms with Crippen LogP contribution in [0, 0.1) is 6.92 Å². The molecule has 0 aliphatic rings. The minimum atomic E-state index is -4.46. The van der Waals surface area contributed by atoms with Crippen LogP contribution < -0.4 is 4.72 Å². The minimum absolute atomic E-state index is 0.340. The van der Waals surface area contributed by atoms with E-state index in [0.29, 0.717) is 11.4 Å². The predicted molar refractivity (Wildman–Crippen MR) is 69.4 cm³/mol. The summed E-state index contributed by atoms with van der Waals surface area (Å²) in [6.45, 7) is 1.78. The number of rotatable bonds is 4. The molecule has 2 rings (SSSR count). The number of aryl methyl sites for hydroxylation is 1. The average Bonchev–Trinajstić information content (AvgIpc) is 2.74. The third-order valence-corrected chi connectivity index (χ3v) is 3.38. The van der Waals surface area contributed by atoms with Gasteiger partial charge in [0.05, 0.1) is 5.69 Å². The maximum Gasteiger partial charge on any atom is 0.402 e. The molecule has 8 heteroatoms. The van der Waals surface area contributed by atoms with Gasteiger partial charge in [0.15, 0.2) is 5.76 Å². The lowest BCUT2D eigenvalue weighted by Crippen LogP contribution is -2.22. The monoisotopic (exact) mass is 304 g/mol. The zero-order valence-corrected chi connectivity index (χ0v) is 11.2. The Hall–Kier alpha value is -1.83. The van der Waals surface area contributed by atoms with Crippen LogP contribution in [-0.2, 0) is 11.0 Å². The summed E-state index contributed by atoms with van der Waals surface area (Å²) in [5.74, 6) is -0.832. The molecule has 0 saturated heterocycles. The topological polar surface area (TPSA) is 55.1 Å². The van der Waals surface area contributed by atoms with Crippen molar-refractivity contribution in [3.05, 3.63) is 36.0 Å². The molecular weight excluding hydrogens is 293 g/mol. The third-order valence-electron chi connectivity index (χ3n) is 2.32. The lowest BCUT2D eigenvalue weighted by molar-refractivity contribution is -0.105. The van der Waals surface area contributed by atoms with Crippen LogP contribution in [0.25, 0.3) is 11.3 Å². The molecule has 1 atom stereocenters. The smallest absolute Gasteiger partial charge is 0.356 e. The largest absolute Gasteiger partial charge is 0.402 e. The Morgan fingerprint density at radius 2 is 1.95 bits per heavy atom. The summed E-state index contributed by atoms with van der Waals surface area (Å²) in [5.41, 5.74) is 1.80. The van der Waals surface area contributed by atoms with Crippen molar-refractivity contribution in [2.75, 3.05) is 10.5 Å². The molecular formula is C12H11F3N2O2S. The van der Waals surface area contributed by atoms with Crippen molar-refractivity contribution in [1.82, 2.24) is 5.16 Å². The fraction of sp³-hybridized carbons (Fsp3) is 0.250. The van der Waals surface area contributed by atoms with Gasteiger partial charge in [-0.05, 0) is 31.2 Å². The summed E-state index contributed by atoms with van der Waals surface area (Å²) >= 11 is 0. The van der Waals surface area contributed by atoms with E-state index < -0.39 is 22.9 Å². The van der Waals surface area contributed by atoms with Gasteiger partial charge in [-0.1, -0.05) is 5.16 Å². The number of anilines is 1. The fourth-order valence-corrected chi connectivity index (χ4v) is 2.29. The summed E-state index contributed by atoms with van der Waals surface area (Å²) in [7, 11) is -2.20. The van der Waals surface area contributed by atoms with E-state index >= 15 is 0 Å². The Balaban J connectivity index is 2.03. The normalized spacial score (nSPS) is 13.2. The van der Waals surface area contributed by atoms with Crippen LogP contribution >= 0.6 is 0 Å². The molecule has 1 N–H and O–H groups in total. The minimum Gasteiger partial charge on any atom is -0.356 e. The number of halogens is 3. The summed E-state index contributed by atoms with van der Waals surface area (Å²) in [5, 5.41) is 3.74. The van der Waals surface area contributed by atoms with Crippen molar-refractivity contribution >= 4 is 16.7 Å². The van der Waals surface area contributed by atoms with Gasteiger partial charge in [0, 0.05) is 17.3 Å². The average molecular weight is 304 g/mol. The molecule has 0 amide bonds. The van der Waals surface area contributed by atoms with Crippen molar-refractivity contribution < 1.29 is 21.9 Å². The number of benzene rings is 1. The van der Waals surface area contributed by atoms with E-state index in [1.54, 1.807) is 25.1 Å². The van der Waals surface area contributed by atoms with Gasteiger partial charge in [-0.3, -0.25) is 0 Å². The Bertz CT molecular complexity index is 608. The Labute approximate surface area is 115 Å². The van der Waals surface area contributed by atoms with Crippen LogP contribution in [0.1, 0.15) is 5.69 Å². The molecule has 0 spiro atoms. The van der Waals surface area contributed by atoms with Crippen LogP contribution in [0.2, 0.25) is 0 Å². The summed E-state index contributed by atoms with van der Waals surface area (Å²) in [6, 6.07) is 8.09. The summed E-state index contributed by atoms with van der Waals surface area (Å²) in [6.07, 6.45) is -4.46. The molecule has 20 heavy (non-hydrogen) atoms. The SMILES string of the molecule is Cc1cc(-c2ccc(NS(=O)CC(F)(F)F)cc2)on1. The first-order chi connectivity index (χ1) is 9.33. The molecule has 0 bridgehead atoms. The molecule has 1 aromatic carbocycles. The highest BCUT2D eigenvalue weighted by molar-refractivity contribution is 7.86. The highest BCUT2D eigenvalue weighted by Crippen LogP contribution is 2.23. The predicted octanol–water partition coefficient (Wildman–Crippen LogP) is 3.29. The van der Waals surface area contributed by atoms with Crippen LogP contribution in [0.3, 0.4) is 0 Å². The molecule has 0 aliphatic carbocycles. The van der Waals surface area contributed by atoms with Crippen LogP contribution in [0.15, 0.2) is 34.9 Å². The number of alkyl halides is 3. The maximum absolute atomic E-state index is 12.0. The van der Waals surface area contributed by atoms with Gasteiger partial charge in [-0.2, -0.15) is 13.2 Å². The molecule has 2 aromatic rings. The molecule has 0 radical (unpaired) electrons. The van der Waals surface area contributed by atoms with E-state index in [1.165, 1.54) is 12.1 Å². The molecule has 1 aromatic heterocycles. The van der Waals surface area contributed by atoms with Gasteiger partial charge < -0.3 is 9.25 Å². The summed E-state index contributed by atoms with van der Waals surface area (Å²) < 4.78 is 54.7. The Morgan fingerprint density at radius 3 is 2.45 bits per heavy atom. The number of aromatic nitrogens is 1. The van der Waals surface area contributed by atoms with Crippen molar-refractivity contribution in [2.45, 2.75) is 13.1 Å². The first kappa shape index (κ1) is 14.6. The van der Waals surface area contributed by atoms with E-state index in [0.717, 1.165) is 11.3 Å². The third kappa shape index (κ3) is 4.09. The standard InChI is InChI=1S/C12H11F3N2O2S/c1-8-6-11(19-16-8)9-2-4-10(5-3-9)17-20(18)7-12(13,14)15/h2-6,17H,7H2,1H3. The zero-order chi connectivity index (χ0) is 14.8. The number of hydrogen-bond donors (Lipinski definition) is 1. The maximum atomic E-state index is 12.0. The van der Waals surface area contributed by atoms with Crippen LogP contribution in [0.4, 0.5) is 18.9 Å². The zero-order valence-electron chi connectivity index (χ0n) is 10.4. The highest BCUT2D eigenvalue weighted by atomic mass is 32.2. The quantitative estimate of drug-likeness (QED) is 0.943. The van der Waals surface area contributed by atoms with Gasteiger partial charge in [0.2, 0.25) is 0 Å². The molecule has 0 fully saturated rings. The molecule has 0 saturated carbocycles. The van der Waals surface area contributed by atoms with Gasteiger partial charge in [-0.25, -0.2) is 4.21 Å². The lowest BCUT2D eigenvalue weighted by Gasteiger charge is -2.08. The lowest BCUT2D eigenvalue weighted by atomic mass is 10.1. The van der Waals surface area contributed by atoms with Crippen LogP contribution in [0.5, 0.6) is 0 Å². The number of nitrogens with one attached hydrogen (secondary N) is 1. The molecule has 4 nitrogen and oxygen atoms in total. The Kier molecular flexibility index (Phi) is 4.12. The van der Waals surface area contributed by atoms with Crippen molar-refractivity contribution in [3.8, 4) is 11.3 Å². The Morgan fingerprint density at radius 1 is 1.30 bits per heavy atom. The van der Waals surface area contributed by atoms with Gasteiger partial charge >= 0.3 is 6.18 Å². The molecule has 0 aliphatic heterocycles. The van der Waals surface area contributed by atoms with Gasteiger partial charge in [0.1, 0.15) is 16.7 Å². The second-order valence-corrected chi connectivity index (χ2v) is 5.30. The van der Waals surface area contributed by atoms with Crippen molar-refractivity contribution in [3.63, 3.8) is 0 Å². The van der Waals surface area contributed by atoms with E-state index in [-0.39, 0.29) is 0 Å². The van der Waals surface area contributed by atoms with E-state index in [2.05, 4.69) is 9.88 Å². The number of hydrogen-bond acceptors (Lipinski definition) is 3. The highest BCUT2D eigenvalue weighted by Gasteiger charge is 2.30. The van der Waals surface area contributed by atoms with E-state index in [9.17, 15) is 17.4 Å². The van der Waals surface area contributed by atoms with E-state index in [4.69, 9.17) is 4.52 Å².